The van der Waals surface area contributed by atoms with Crippen molar-refractivity contribution in [1.82, 2.24) is 14.7 Å². The molecular weight excluding hydrogens is 307 g/mol. The molecule has 0 bridgehead atoms. The molecule has 1 aromatic rings. The highest BCUT2D eigenvalue weighted by molar-refractivity contribution is 5.84. The van der Waals surface area contributed by atoms with Crippen LogP contribution in [0.1, 0.15) is 12.1 Å². The van der Waals surface area contributed by atoms with Crippen molar-refractivity contribution in [2.24, 2.45) is 0 Å². The Morgan fingerprint density at radius 1 is 1.50 bits per heavy atom. The zero-order chi connectivity index (χ0) is 16.5. The largest absolute Gasteiger partial charge is 0.480 e. The van der Waals surface area contributed by atoms with Gasteiger partial charge in [-0.05, 0) is 6.07 Å². The summed E-state index contributed by atoms with van der Waals surface area (Å²) in [5.74, 6) is -1.80. The Morgan fingerprint density at radius 2 is 2.18 bits per heavy atom. The Kier molecular flexibility index (Phi) is 4.40. The van der Waals surface area contributed by atoms with Crippen molar-refractivity contribution >= 4 is 11.9 Å². The molecule has 1 aliphatic rings. The maximum absolute atomic E-state index is 12.4. The van der Waals surface area contributed by atoms with Crippen molar-refractivity contribution in [3.63, 3.8) is 0 Å². The normalized spacial score (nSPS) is 22.1. The van der Waals surface area contributed by atoms with Gasteiger partial charge in [0.05, 0.1) is 6.10 Å². The zero-order valence-electron chi connectivity index (χ0n) is 11.6. The number of amides is 1. The van der Waals surface area contributed by atoms with Crippen molar-refractivity contribution in [3.05, 3.63) is 18.0 Å². The average molecular weight is 321 g/mol. The number of hydrogen-bond acceptors (Lipinski definition) is 4. The Hall–Kier alpha value is -2.10. The minimum absolute atomic E-state index is 0.0830. The zero-order valence-corrected chi connectivity index (χ0v) is 11.6. The number of hydrogen-bond donors (Lipinski definition) is 1. The van der Waals surface area contributed by atoms with E-state index in [4.69, 9.17) is 9.84 Å². The fraction of sp³-hybridized carbons (Fsp3) is 0.583. The molecule has 1 amide bonds. The number of ether oxygens (including phenoxy) is 1. The summed E-state index contributed by atoms with van der Waals surface area (Å²) in [5.41, 5.74) is -1.11. The van der Waals surface area contributed by atoms with E-state index in [2.05, 4.69) is 5.10 Å². The molecule has 0 aromatic carbocycles. The third kappa shape index (κ3) is 3.38. The number of nitrogens with zero attached hydrogens (tertiary/aromatic N) is 3. The summed E-state index contributed by atoms with van der Waals surface area (Å²) in [6.45, 7) is -0.379. The van der Waals surface area contributed by atoms with Crippen LogP contribution < -0.4 is 0 Å². The number of carbonyl (C=O) groups is 2. The van der Waals surface area contributed by atoms with Crippen LogP contribution in [0.5, 0.6) is 0 Å². The Bertz CT molecular complexity index is 572. The molecule has 22 heavy (non-hydrogen) atoms. The molecule has 7 nitrogen and oxygen atoms in total. The quantitative estimate of drug-likeness (QED) is 0.878. The standard InChI is InChI=1S/C12H14F3N3O4/c1-22-7-4-8(11(20)21)18(5-7)10(19)6-17-3-2-9(16-17)12(13,14)15/h2-3,7-8H,4-6H2,1H3,(H,20,21). The van der Waals surface area contributed by atoms with E-state index >= 15 is 0 Å². The first kappa shape index (κ1) is 16.3. The first-order valence-corrected chi connectivity index (χ1v) is 6.38. The molecule has 1 aromatic heterocycles. The molecule has 1 saturated heterocycles. The highest BCUT2D eigenvalue weighted by Crippen LogP contribution is 2.27. The molecule has 0 aliphatic carbocycles. The van der Waals surface area contributed by atoms with Crippen molar-refractivity contribution in [1.29, 1.82) is 0 Å². The van der Waals surface area contributed by atoms with Crippen LogP contribution in [0.3, 0.4) is 0 Å². The summed E-state index contributed by atoms with van der Waals surface area (Å²) in [6, 6.07) is -0.292. The molecule has 2 heterocycles. The van der Waals surface area contributed by atoms with Crippen LogP contribution in [0, 0.1) is 0 Å². The summed E-state index contributed by atoms with van der Waals surface area (Å²) < 4.78 is 43.2. The van der Waals surface area contributed by atoms with Crippen molar-refractivity contribution < 1.29 is 32.6 Å². The summed E-state index contributed by atoms with van der Waals surface area (Å²) in [4.78, 5) is 24.3. The molecule has 0 radical (unpaired) electrons. The highest BCUT2D eigenvalue weighted by atomic mass is 19.4. The monoisotopic (exact) mass is 321 g/mol. The lowest BCUT2D eigenvalue weighted by Gasteiger charge is -2.21. The minimum Gasteiger partial charge on any atom is -0.480 e. The number of aliphatic carboxylic acids is 1. The van der Waals surface area contributed by atoms with Crippen LogP contribution in [0.25, 0.3) is 0 Å². The third-order valence-electron chi connectivity index (χ3n) is 3.43. The van der Waals surface area contributed by atoms with Gasteiger partial charge in [-0.25, -0.2) is 4.79 Å². The lowest BCUT2D eigenvalue weighted by molar-refractivity contribution is -0.148. The van der Waals surface area contributed by atoms with Crippen LogP contribution in [0.4, 0.5) is 13.2 Å². The van der Waals surface area contributed by atoms with Gasteiger partial charge in [-0.3, -0.25) is 9.48 Å². The van der Waals surface area contributed by atoms with E-state index in [9.17, 15) is 22.8 Å². The van der Waals surface area contributed by atoms with Gasteiger partial charge in [0.2, 0.25) is 5.91 Å². The van der Waals surface area contributed by atoms with Gasteiger partial charge in [-0.15, -0.1) is 0 Å². The molecule has 2 atom stereocenters. The fourth-order valence-corrected chi connectivity index (χ4v) is 2.31. The van der Waals surface area contributed by atoms with E-state index in [1.54, 1.807) is 0 Å². The number of carbonyl (C=O) groups excluding carboxylic acids is 1. The SMILES string of the molecule is COC1CC(C(=O)O)N(C(=O)Cn2ccc(C(F)(F)F)n2)C1. The third-order valence-corrected chi connectivity index (χ3v) is 3.43. The van der Waals surface area contributed by atoms with Crippen LogP contribution >= 0.6 is 0 Å². The summed E-state index contributed by atoms with van der Waals surface area (Å²) in [7, 11) is 1.40. The predicted molar refractivity (Wildman–Crippen MR) is 65.8 cm³/mol. The van der Waals surface area contributed by atoms with E-state index in [0.717, 1.165) is 21.8 Å². The smallest absolute Gasteiger partial charge is 0.435 e. The van der Waals surface area contributed by atoms with Gasteiger partial charge in [0, 0.05) is 26.3 Å². The molecule has 2 rings (SSSR count). The minimum atomic E-state index is -4.59. The Morgan fingerprint density at radius 3 is 2.68 bits per heavy atom. The molecule has 122 valence electrons. The lowest BCUT2D eigenvalue weighted by Crippen LogP contribution is -2.42. The maximum Gasteiger partial charge on any atom is 0.435 e. The number of rotatable bonds is 4. The topological polar surface area (TPSA) is 84.7 Å². The highest BCUT2D eigenvalue weighted by Gasteiger charge is 2.40. The van der Waals surface area contributed by atoms with E-state index in [1.807, 2.05) is 0 Å². The molecule has 1 fully saturated rings. The van der Waals surface area contributed by atoms with Gasteiger partial charge in [0.1, 0.15) is 12.6 Å². The number of likely N-dealkylation sites (tertiary alicyclic amines) is 1. The van der Waals surface area contributed by atoms with Crippen molar-refractivity contribution in [2.45, 2.75) is 31.3 Å². The van der Waals surface area contributed by atoms with Crippen LogP contribution in [0.15, 0.2) is 12.3 Å². The van der Waals surface area contributed by atoms with Crippen molar-refractivity contribution in [3.8, 4) is 0 Å². The van der Waals surface area contributed by atoms with Gasteiger partial charge in [-0.2, -0.15) is 18.3 Å². The molecular formula is C12H14F3N3O4. The van der Waals surface area contributed by atoms with Crippen molar-refractivity contribution in [2.75, 3.05) is 13.7 Å². The number of alkyl halides is 3. The van der Waals surface area contributed by atoms with Crippen LogP contribution in [-0.2, 0) is 27.0 Å². The molecule has 2 unspecified atom stereocenters. The van der Waals surface area contributed by atoms with Gasteiger partial charge in [-0.1, -0.05) is 0 Å². The summed E-state index contributed by atoms with van der Waals surface area (Å²) in [6.07, 6.45) is -3.83. The number of carboxylic acid groups (broad SMARTS) is 1. The number of aromatic nitrogens is 2. The van der Waals surface area contributed by atoms with Crippen LogP contribution in [-0.4, -0.2) is 57.5 Å². The van der Waals surface area contributed by atoms with E-state index in [-0.39, 0.29) is 13.0 Å². The average Bonchev–Trinajstić information content (AvgIpc) is 3.03. The van der Waals surface area contributed by atoms with E-state index < -0.39 is 42.4 Å². The fourth-order valence-electron chi connectivity index (χ4n) is 2.31. The molecule has 1 N–H and O–H groups in total. The predicted octanol–water partition coefficient (Wildman–Crippen LogP) is 0.602. The second kappa shape index (κ2) is 5.95. The maximum atomic E-state index is 12.4. The first-order chi connectivity index (χ1) is 10.2. The van der Waals surface area contributed by atoms with E-state index in [0.29, 0.717) is 0 Å². The van der Waals surface area contributed by atoms with Gasteiger partial charge in [0.15, 0.2) is 5.69 Å². The Balaban J connectivity index is 2.08. The summed E-state index contributed by atoms with van der Waals surface area (Å²) >= 11 is 0. The van der Waals surface area contributed by atoms with Crippen LogP contribution in [0.2, 0.25) is 0 Å². The molecule has 0 spiro atoms. The van der Waals surface area contributed by atoms with Gasteiger partial charge in [0.25, 0.3) is 0 Å². The lowest BCUT2D eigenvalue weighted by atomic mass is 10.2. The number of carboxylic acids is 1. The van der Waals surface area contributed by atoms with Gasteiger partial charge >= 0.3 is 12.1 Å². The van der Waals surface area contributed by atoms with Gasteiger partial charge < -0.3 is 14.7 Å². The van der Waals surface area contributed by atoms with E-state index in [1.165, 1.54) is 7.11 Å². The summed E-state index contributed by atoms with van der Waals surface area (Å²) in [5, 5.41) is 12.4. The second-order valence-corrected chi connectivity index (χ2v) is 4.89. The Labute approximate surface area is 123 Å². The number of halogens is 3. The molecule has 0 saturated carbocycles. The second-order valence-electron chi connectivity index (χ2n) is 4.89. The molecule has 10 heteroatoms. The number of methoxy groups -OCH3 is 1. The first-order valence-electron chi connectivity index (χ1n) is 6.38. The molecule has 1 aliphatic heterocycles.